The van der Waals surface area contributed by atoms with Crippen LogP contribution in [0.5, 0.6) is 0 Å². The summed E-state index contributed by atoms with van der Waals surface area (Å²) in [5.41, 5.74) is 2.55. The summed E-state index contributed by atoms with van der Waals surface area (Å²) in [7, 11) is 0. The molecule has 2 saturated heterocycles. The molecule has 0 saturated carbocycles. The Balaban J connectivity index is 1.46. The number of benzene rings is 1. The Morgan fingerprint density at radius 1 is 1.36 bits per heavy atom. The van der Waals surface area contributed by atoms with E-state index in [2.05, 4.69) is 29.3 Å². The SMILES string of the molecule is Cc1ccccc1CCNC(=O)CN1CCC[C@@H]1[C@@H]1COCC[C@@H]1O. The second kappa shape index (κ2) is 8.79. The summed E-state index contributed by atoms with van der Waals surface area (Å²) in [5.74, 6) is 0.211. The number of likely N-dealkylation sites (tertiary alicyclic amines) is 1. The molecule has 3 atom stereocenters. The molecule has 5 heteroatoms. The number of ether oxygens (including phenoxy) is 1. The standard InChI is InChI=1S/C20H30N2O3/c1-15-5-2-3-6-16(15)8-10-21-20(24)13-22-11-4-7-18(22)17-14-25-12-9-19(17)23/h2-3,5-6,17-19,23H,4,7-14H2,1H3,(H,21,24)/t17-,18+,19-/m0/s1. The predicted molar refractivity (Wildman–Crippen MR) is 97.4 cm³/mol. The van der Waals surface area contributed by atoms with Gasteiger partial charge in [0.2, 0.25) is 5.91 Å². The van der Waals surface area contributed by atoms with E-state index >= 15 is 0 Å². The molecule has 2 heterocycles. The van der Waals surface area contributed by atoms with E-state index < -0.39 is 0 Å². The summed E-state index contributed by atoms with van der Waals surface area (Å²) < 4.78 is 5.56. The molecule has 0 spiro atoms. The van der Waals surface area contributed by atoms with Gasteiger partial charge in [-0.3, -0.25) is 9.69 Å². The third kappa shape index (κ3) is 4.81. The molecule has 2 aliphatic rings. The third-order valence-electron chi connectivity index (χ3n) is 5.60. The van der Waals surface area contributed by atoms with Gasteiger partial charge in [-0.05, 0) is 50.3 Å². The highest BCUT2D eigenvalue weighted by Crippen LogP contribution is 2.29. The quantitative estimate of drug-likeness (QED) is 0.820. The largest absolute Gasteiger partial charge is 0.393 e. The number of hydrogen-bond acceptors (Lipinski definition) is 4. The zero-order valence-corrected chi connectivity index (χ0v) is 15.1. The first-order valence-corrected chi connectivity index (χ1v) is 9.46. The molecule has 3 rings (SSSR count). The van der Waals surface area contributed by atoms with Crippen LogP contribution >= 0.6 is 0 Å². The van der Waals surface area contributed by atoms with Crippen molar-refractivity contribution in [1.82, 2.24) is 10.2 Å². The van der Waals surface area contributed by atoms with Gasteiger partial charge in [0.25, 0.3) is 0 Å². The lowest BCUT2D eigenvalue weighted by Gasteiger charge is -2.36. The highest BCUT2D eigenvalue weighted by atomic mass is 16.5. The minimum Gasteiger partial charge on any atom is -0.393 e. The van der Waals surface area contributed by atoms with Crippen LogP contribution in [0.4, 0.5) is 0 Å². The minimum atomic E-state index is -0.302. The van der Waals surface area contributed by atoms with Crippen LogP contribution in [-0.2, 0) is 16.0 Å². The van der Waals surface area contributed by atoms with Gasteiger partial charge >= 0.3 is 0 Å². The zero-order chi connectivity index (χ0) is 17.6. The molecule has 2 N–H and O–H groups in total. The van der Waals surface area contributed by atoms with Crippen molar-refractivity contribution in [2.75, 3.05) is 32.8 Å². The first-order chi connectivity index (χ1) is 12.1. The fourth-order valence-corrected chi connectivity index (χ4v) is 4.12. The van der Waals surface area contributed by atoms with Crippen LogP contribution in [0.2, 0.25) is 0 Å². The van der Waals surface area contributed by atoms with E-state index in [1.165, 1.54) is 11.1 Å². The highest BCUT2D eigenvalue weighted by molar-refractivity contribution is 5.78. The summed E-state index contributed by atoms with van der Waals surface area (Å²) in [6.45, 7) is 5.36. The Morgan fingerprint density at radius 3 is 3.00 bits per heavy atom. The van der Waals surface area contributed by atoms with Crippen LogP contribution in [0.1, 0.15) is 30.4 Å². The van der Waals surface area contributed by atoms with Crippen molar-refractivity contribution in [3.63, 3.8) is 0 Å². The molecule has 0 radical (unpaired) electrons. The topological polar surface area (TPSA) is 61.8 Å². The van der Waals surface area contributed by atoms with E-state index in [9.17, 15) is 9.90 Å². The summed E-state index contributed by atoms with van der Waals surface area (Å²) in [4.78, 5) is 14.6. The zero-order valence-electron chi connectivity index (χ0n) is 15.1. The van der Waals surface area contributed by atoms with Crippen LogP contribution in [0.3, 0.4) is 0 Å². The number of amides is 1. The monoisotopic (exact) mass is 346 g/mol. The van der Waals surface area contributed by atoms with Crippen molar-refractivity contribution in [3.05, 3.63) is 35.4 Å². The fourth-order valence-electron chi connectivity index (χ4n) is 4.12. The molecule has 2 aliphatic heterocycles. The number of carbonyl (C=O) groups excluding carboxylic acids is 1. The van der Waals surface area contributed by atoms with Gasteiger partial charge in [-0.15, -0.1) is 0 Å². The Labute approximate surface area is 150 Å². The third-order valence-corrected chi connectivity index (χ3v) is 5.60. The van der Waals surface area contributed by atoms with Crippen LogP contribution < -0.4 is 5.32 Å². The van der Waals surface area contributed by atoms with Gasteiger partial charge in [-0.25, -0.2) is 0 Å². The molecule has 25 heavy (non-hydrogen) atoms. The molecule has 1 aromatic carbocycles. The lowest BCUT2D eigenvalue weighted by Crippen LogP contribution is -2.48. The van der Waals surface area contributed by atoms with Gasteiger partial charge in [-0.2, -0.15) is 0 Å². The Hall–Kier alpha value is -1.43. The molecule has 0 aliphatic carbocycles. The Morgan fingerprint density at radius 2 is 2.20 bits per heavy atom. The van der Waals surface area contributed by atoms with Gasteiger partial charge in [0, 0.05) is 25.1 Å². The molecule has 0 bridgehead atoms. The van der Waals surface area contributed by atoms with E-state index in [1.54, 1.807) is 0 Å². The second-order valence-corrected chi connectivity index (χ2v) is 7.30. The average Bonchev–Trinajstić information content (AvgIpc) is 3.05. The highest BCUT2D eigenvalue weighted by Gasteiger charge is 2.37. The van der Waals surface area contributed by atoms with Gasteiger partial charge in [0.05, 0.1) is 19.3 Å². The molecule has 138 valence electrons. The van der Waals surface area contributed by atoms with Crippen LogP contribution in [0, 0.1) is 12.8 Å². The molecular weight excluding hydrogens is 316 g/mol. The predicted octanol–water partition coefficient (Wildman–Crippen LogP) is 1.52. The number of carbonyl (C=O) groups is 1. The van der Waals surface area contributed by atoms with Crippen LogP contribution in [0.15, 0.2) is 24.3 Å². The molecule has 1 aromatic rings. The maximum Gasteiger partial charge on any atom is 0.234 e. The summed E-state index contributed by atoms with van der Waals surface area (Å²) >= 11 is 0. The summed E-state index contributed by atoms with van der Waals surface area (Å²) in [6, 6.07) is 8.55. The lowest BCUT2D eigenvalue weighted by molar-refractivity contribution is -0.123. The van der Waals surface area contributed by atoms with Crippen molar-refractivity contribution >= 4 is 5.91 Å². The van der Waals surface area contributed by atoms with Gasteiger partial charge in [-0.1, -0.05) is 24.3 Å². The summed E-state index contributed by atoms with van der Waals surface area (Å²) in [6.07, 6.45) is 3.39. The second-order valence-electron chi connectivity index (χ2n) is 7.30. The number of aliphatic hydroxyl groups excluding tert-OH is 1. The number of aliphatic hydroxyl groups is 1. The first kappa shape index (κ1) is 18.4. The van der Waals surface area contributed by atoms with Gasteiger partial charge < -0.3 is 15.2 Å². The fraction of sp³-hybridized carbons (Fsp3) is 0.650. The molecule has 2 fully saturated rings. The van der Waals surface area contributed by atoms with Crippen molar-refractivity contribution < 1.29 is 14.6 Å². The lowest BCUT2D eigenvalue weighted by atomic mass is 9.89. The molecule has 1 amide bonds. The van der Waals surface area contributed by atoms with Crippen molar-refractivity contribution in [3.8, 4) is 0 Å². The van der Waals surface area contributed by atoms with Gasteiger partial charge in [0.15, 0.2) is 0 Å². The van der Waals surface area contributed by atoms with E-state index in [0.717, 1.165) is 25.8 Å². The average molecular weight is 346 g/mol. The van der Waals surface area contributed by atoms with E-state index in [1.807, 2.05) is 12.1 Å². The van der Waals surface area contributed by atoms with Crippen LogP contribution in [0.25, 0.3) is 0 Å². The Bertz CT molecular complexity index is 578. The van der Waals surface area contributed by atoms with E-state index in [0.29, 0.717) is 32.7 Å². The van der Waals surface area contributed by atoms with Crippen molar-refractivity contribution in [2.24, 2.45) is 5.92 Å². The molecule has 0 aromatic heterocycles. The number of hydrogen-bond donors (Lipinski definition) is 2. The summed E-state index contributed by atoms with van der Waals surface area (Å²) in [5, 5.41) is 13.3. The Kier molecular flexibility index (Phi) is 6.45. The van der Waals surface area contributed by atoms with Crippen molar-refractivity contribution in [1.29, 1.82) is 0 Å². The van der Waals surface area contributed by atoms with Crippen LogP contribution in [-0.4, -0.2) is 60.9 Å². The van der Waals surface area contributed by atoms with Gasteiger partial charge in [0.1, 0.15) is 0 Å². The van der Waals surface area contributed by atoms with E-state index in [4.69, 9.17) is 4.74 Å². The minimum absolute atomic E-state index is 0.0756. The number of nitrogens with one attached hydrogen (secondary N) is 1. The molecular formula is C20H30N2O3. The molecule has 0 unspecified atom stereocenters. The number of nitrogens with zero attached hydrogens (tertiary/aromatic N) is 1. The smallest absolute Gasteiger partial charge is 0.234 e. The normalized spacial score (nSPS) is 27.4. The number of aryl methyl sites for hydroxylation is 1. The van der Waals surface area contributed by atoms with E-state index in [-0.39, 0.29) is 24.0 Å². The van der Waals surface area contributed by atoms with Crippen molar-refractivity contribution in [2.45, 2.75) is 44.8 Å². The first-order valence-electron chi connectivity index (χ1n) is 9.46. The maximum atomic E-state index is 12.3. The number of rotatable bonds is 6. The molecule has 5 nitrogen and oxygen atoms in total. The maximum absolute atomic E-state index is 12.3.